The zero-order valence-corrected chi connectivity index (χ0v) is 11.4. The van der Waals surface area contributed by atoms with Crippen LogP contribution in [0.5, 0.6) is 0 Å². The van der Waals surface area contributed by atoms with Crippen molar-refractivity contribution in [1.82, 2.24) is 10.6 Å². The van der Waals surface area contributed by atoms with E-state index in [1.165, 1.54) is 0 Å². The number of likely N-dealkylation sites (N-methyl/N-ethyl adjacent to an activating group) is 1. The molecule has 0 unspecified atom stereocenters. The molecule has 5 nitrogen and oxygen atoms in total. The smallest absolute Gasteiger partial charge is 0.326 e. The minimum Gasteiger partial charge on any atom is -0.480 e. The Morgan fingerprint density at radius 2 is 1.84 bits per heavy atom. The molecule has 1 amide bonds. The van der Waals surface area contributed by atoms with Gasteiger partial charge < -0.3 is 15.7 Å². The topological polar surface area (TPSA) is 78.4 Å². The molecular weight excluding hydrogens is 244 g/mol. The van der Waals surface area contributed by atoms with Crippen LogP contribution >= 0.6 is 0 Å². The standard InChI is InChI=1S/C14H20N2O3/c1-14(2,15-3)13(19)16-11(12(17)18)9-10-7-5-4-6-8-10/h4-8,11,15H,9H2,1-3H3,(H,16,19)(H,17,18)/t11-/m1/s1. The van der Waals surface area contributed by atoms with Crippen LogP contribution in [0.2, 0.25) is 0 Å². The van der Waals surface area contributed by atoms with E-state index in [0.717, 1.165) is 5.56 Å². The number of benzene rings is 1. The Labute approximate surface area is 113 Å². The highest BCUT2D eigenvalue weighted by Gasteiger charge is 2.29. The van der Waals surface area contributed by atoms with Crippen molar-refractivity contribution in [2.75, 3.05) is 7.05 Å². The van der Waals surface area contributed by atoms with Crippen molar-refractivity contribution in [3.63, 3.8) is 0 Å². The van der Waals surface area contributed by atoms with Crippen LogP contribution in [0, 0.1) is 0 Å². The zero-order valence-electron chi connectivity index (χ0n) is 11.4. The van der Waals surface area contributed by atoms with Crippen LogP contribution in [0.3, 0.4) is 0 Å². The van der Waals surface area contributed by atoms with Gasteiger partial charge in [0.2, 0.25) is 5.91 Å². The van der Waals surface area contributed by atoms with Gasteiger partial charge in [-0.1, -0.05) is 30.3 Å². The van der Waals surface area contributed by atoms with Gasteiger partial charge in [-0.25, -0.2) is 4.79 Å². The summed E-state index contributed by atoms with van der Waals surface area (Å²) in [6.45, 7) is 3.40. The van der Waals surface area contributed by atoms with E-state index in [-0.39, 0.29) is 12.3 Å². The van der Waals surface area contributed by atoms with Gasteiger partial charge in [-0.15, -0.1) is 0 Å². The molecule has 0 aliphatic rings. The molecule has 0 saturated heterocycles. The number of hydrogen-bond donors (Lipinski definition) is 3. The quantitative estimate of drug-likeness (QED) is 0.710. The van der Waals surface area contributed by atoms with E-state index >= 15 is 0 Å². The summed E-state index contributed by atoms with van der Waals surface area (Å²) < 4.78 is 0. The molecule has 0 aliphatic heterocycles. The van der Waals surface area contributed by atoms with Crippen LogP contribution in [0.4, 0.5) is 0 Å². The number of amides is 1. The van der Waals surface area contributed by atoms with Crippen LogP contribution in [-0.4, -0.2) is 35.6 Å². The lowest BCUT2D eigenvalue weighted by Crippen LogP contribution is -2.55. The first-order chi connectivity index (χ1) is 8.86. The molecule has 0 bridgehead atoms. The summed E-state index contributed by atoms with van der Waals surface area (Å²) in [5.74, 6) is -1.37. The summed E-state index contributed by atoms with van der Waals surface area (Å²) >= 11 is 0. The second-order valence-electron chi connectivity index (χ2n) is 4.93. The molecule has 1 rings (SSSR count). The van der Waals surface area contributed by atoms with Crippen LogP contribution in [-0.2, 0) is 16.0 Å². The summed E-state index contributed by atoms with van der Waals surface area (Å²) in [6.07, 6.45) is 0.266. The average Bonchev–Trinajstić information content (AvgIpc) is 2.38. The Balaban J connectivity index is 2.75. The van der Waals surface area contributed by atoms with Gasteiger partial charge in [0.1, 0.15) is 6.04 Å². The molecule has 0 aliphatic carbocycles. The maximum Gasteiger partial charge on any atom is 0.326 e. The van der Waals surface area contributed by atoms with E-state index in [9.17, 15) is 14.7 Å². The van der Waals surface area contributed by atoms with Crippen molar-refractivity contribution in [3.8, 4) is 0 Å². The number of aliphatic carboxylic acids is 1. The highest BCUT2D eigenvalue weighted by molar-refractivity contribution is 5.89. The first-order valence-electron chi connectivity index (χ1n) is 6.13. The predicted octanol–water partition coefficient (Wildman–Crippen LogP) is 0.796. The van der Waals surface area contributed by atoms with Crippen molar-refractivity contribution in [2.24, 2.45) is 0 Å². The van der Waals surface area contributed by atoms with Crippen molar-refractivity contribution < 1.29 is 14.7 Å². The monoisotopic (exact) mass is 264 g/mol. The van der Waals surface area contributed by atoms with Crippen molar-refractivity contribution >= 4 is 11.9 Å². The third kappa shape index (κ3) is 4.37. The Morgan fingerprint density at radius 1 is 1.26 bits per heavy atom. The minimum absolute atomic E-state index is 0.266. The number of carboxylic acids is 1. The third-order valence-corrected chi connectivity index (χ3v) is 3.08. The van der Waals surface area contributed by atoms with Gasteiger partial charge in [-0.05, 0) is 26.5 Å². The van der Waals surface area contributed by atoms with Gasteiger partial charge in [0.25, 0.3) is 0 Å². The van der Waals surface area contributed by atoms with E-state index in [1.54, 1.807) is 20.9 Å². The largest absolute Gasteiger partial charge is 0.480 e. The van der Waals surface area contributed by atoms with Crippen molar-refractivity contribution in [3.05, 3.63) is 35.9 Å². The van der Waals surface area contributed by atoms with E-state index in [1.807, 2.05) is 30.3 Å². The summed E-state index contributed by atoms with van der Waals surface area (Å²) in [5, 5.41) is 14.6. The van der Waals surface area contributed by atoms with E-state index in [2.05, 4.69) is 10.6 Å². The zero-order chi connectivity index (χ0) is 14.5. The Morgan fingerprint density at radius 3 is 2.32 bits per heavy atom. The lowest BCUT2D eigenvalue weighted by Gasteiger charge is -2.25. The molecule has 3 N–H and O–H groups in total. The molecular formula is C14H20N2O3. The Hall–Kier alpha value is -1.88. The highest BCUT2D eigenvalue weighted by Crippen LogP contribution is 2.06. The van der Waals surface area contributed by atoms with Crippen LogP contribution in [0.15, 0.2) is 30.3 Å². The van der Waals surface area contributed by atoms with Gasteiger partial charge in [-0.2, -0.15) is 0 Å². The molecule has 0 spiro atoms. The Kier molecular flexibility index (Phi) is 5.06. The number of carboxylic acid groups (broad SMARTS) is 1. The highest BCUT2D eigenvalue weighted by atomic mass is 16.4. The fourth-order valence-electron chi connectivity index (χ4n) is 1.50. The number of hydrogen-bond acceptors (Lipinski definition) is 3. The molecule has 0 radical (unpaired) electrons. The lowest BCUT2D eigenvalue weighted by atomic mass is 10.0. The van der Waals surface area contributed by atoms with Gasteiger partial charge in [0.15, 0.2) is 0 Å². The maximum absolute atomic E-state index is 12.0. The van der Waals surface area contributed by atoms with Crippen molar-refractivity contribution in [2.45, 2.75) is 31.8 Å². The van der Waals surface area contributed by atoms with Gasteiger partial charge >= 0.3 is 5.97 Å². The summed E-state index contributed by atoms with van der Waals surface area (Å²) in [4.78, 5) is 23.2. The molecule has 1 atom stereocenters. The molecule has 5 heteroatoms. The van der Waals surface area contributed by atoms with Gasteiger partial charge in [-0.3, -0.25) is 4.79 Å². The summed E-state index contributed by atoms with van der Waals surface area (Å²) in [7, 11) is 1.66. The molecule has 0 aromatic heterocycles. The molecule has 0 saturated carbocycles. The predicted molar refractivity (Wildman–Crippen MR) is 72.9 cm³/mol. The van der Waals surface area contributed by atoms with E-state index < -0.39 is 17.6 Å². The van der Waals surface area contributed by atoms with Crippen LogP contribution in [0.1, 0.15) is 19.4 Å². The number of nitrogens with one attached hydrogen (secondary N) is 2. The maximum atomic E-state index is 12.0. The molecule has 0 heterocycles. The van der Waals surface area contributed by atoms with E-state index in [4.69, 9.17) is 0 Å². The second kappa shape index (κ2) is 6.33. The number of rotatable bonds is 6. The van der Waals surface area contributed by atoms with Crippen LogP contribution < -0.4 is 10.6 Å². The lowest BCUT2D eigenvalue weighted by molar-refractivity contribution is -0.142. The third-order valence-electron chi connectivity index (χ3n) is 3.08. The molecule has 104 valence electrons. The fraction of sp³-hybridized carbons (Fsp3) is 0.429. The van der Waals surface area contributed by atoms with Crippen molar-refractivity contribution in [1.29, 1.82) is 0 Å². The molecule has 19 heavy (non-hydrogen) atoms. The summed E-state index contributed by atoms with van der Waals surface area (Å²) in [5.41, 5.74) is 0.0714. The normalized spacial score (nSPS) is 12.8. The molecule has 1 aromatic carbocycles. The average molecular weight is 264 g/mol. The SMILES string of the molecule is CNC(C)(C)C(=O)N[C@H](Cc1ccccc1)C(=O)O. The number of carbonyl (C=O) groups excluding carboxylic acids is 1. The van der Waals surface area contributed by atoms with E-state index in [0.29, 0.717) is 0 Å². The Bertz CT molecular complexity index is 443. The molecule has 1 aromatic rings. The first kappa shape index (κ1) is 15.2. The van der Waals surface area contributed by atoms with Crippen LogP contribution in [0.25, 0.3) is 0 Å². The number of carbonyl (C=O) groups is 2. The fourth-order valence-corrected chi connectivity index (χ4v) is 1.50. The summed E-state index contributed by atoms with van der Waals surface area (Å²) in [6, 6.07) is 8.29. The van der Waals surface area contributed by atoms with Gasteiger partial charge in [0.05, 0.1) is 5.54 Å². The molecule has 0 fully saturated rings. The first-order valence-corrected chi connectivity index (χ1v) is 6.13. The van der Waals surface area contributed by atoms with Gasteiger partial charge in [0, 0.05) is 6.42 Å². The minimum atomic E-state index is -1.04. The second-order valence-corrected chi connectivity index (χ2v) is 4.93.